The fourth-order valence-electron chi connectivity index (χ4n) is 2.09. The molecule has 1 N–H and O–H groups in total. The highest BCUT2D eigenvalue weighted by Crippen LogP contribution is 2.28. The second-order valence-corrected chi connectivity index (χ2v) is 7.01. The van der Waals surface area contributed by atoms with Crippen LogP contribution in [0.25, 0.3) is 0 Å². The molecule has 0 aliphatic heterocycles. The first-order chi connectivity index (χ1) is 10.4. The summed E-state index contributed by atoms with van der Waals surface area (Å²) in [5.41, 5.74) is 1.73. The number of aromatic nitrogens is 1. The van der Waals surface area contributed by atoms with E-state index >= 15 is 0 Å². The van der Waals surface area contributed by atoms with Gasteiger partial charge in [0.1, 0.15) is 5.75 Å². The maximum Gasteiger partial charge on any atom is 0.240 e. The van der Waals surface area contributed by atoms with E-state index in [1.54, 1.807) is 49.8 Å². The molecule has 0 saturated carbocycles. The van der Waals surface area contributed by atoms with Gasteiger partial charge in [-0.25, -0.2) is 13.1 Å². The van der Waals surface area contributed by atoms with Gasteiger partial charge in [-0.2, -0.15) is 0 Å². The van der Waals surface area contributed by atoms with Crippen LogP contribution in [0.4, 0.5) is 0 Å². The van der Waals surface area contributed by atoms with E-state index < -0.39 is 10.0 Å². The third-order valence-corrected chi connectivity index (χ3v) is 4.75. The van der Waals surface area contributed by atoms with Gasteiger partial charge in [0.15, 0.2) is 0 Å². The first-order valence-electron chi connectivity index (χ1n) is 7.00. The first-order valence-corrected chi connectivity index (χ1v) is 8.49. The van der Waals surface area contributed by atoms with E-state index in [0.717, 1.165) is 11.1 Å². The molecule has 0 atom stereocenters. The van der Waals surface area contributed by atoms with Gasteiger partial charge in [-0.05, 0) is 47.4 Å². The quantitative estimate of drug-likeness (QED) is 0.888. The molecule has 0 aliphatic rings. The van der Waals surface area contributed by atoms with Crippen molar-refractivity contribution in [3.63, 3.8) is 0 Å². The summed E-state index contributed by atoms with van der Waals surface area (Å²) in [5.74, 6) is 0.869. The van der Waals surface area contributed by atoms with Crippen molar-refractivity contribution < 1.29 is 13.2 Å². The van der Waals surface area contributed by atoms with Gasteiger partial charge >= 0.3 is 0 Å². The molecule has 0 bridgehead atoms. The molecular weight excluding hydrogens is 300 g/mol. The zero-order valence-electron chi connectivity index (χ0n) is 12.9. The number of rotatable bonds is 6. The summed E-state index contributed by atoms with van der Waals surface area (Å²) in [6.07, 6.45) is 3.27. The zero-order valence-corrected chi connectivity index (χ0v) is 13.7. The van der Waals surface area contributed by atoms with Crippen LogP contribution in [-0.4, -0.2) is 20.5 Å². The average Bonchev–Trinajstić information content (AvgIpc) is 2.53. The van der Waals surface area contributed by atoms with Crippen LogP contribution in [0, 0.1) is 0 Å². The molecule has 0 radical (unpaired) electrons. The third kappa shape index (κ3) is 3.84. The van der Waals surface area contributed by atoms with Crippen molar-refractivity contribution in [2.24, 2.45) is 0 Å². The Balaban J connectivity index is 2.24. The Hall–Kier alpha value is -1.92. The summed E-state index contributed by atoms with van der Waals surface area (Å²) >= 11 is 0. The molecule has 0 aliphatic carbocycles. The van der Waals surface area contributed by atoms with E-state index in [4.69, 9.17) is 4.74 Å². The van der Waals surface area contributed by atoms with Crippen LogP contribution in [0.3, 0.4) is 0 Å². The number of benzene rings is 1. The standard InChI is InChI=1S/C16H20N2O3S/c1-12(2)15-10-14(4-5-16(15)21-3)22(19,20)18-11-13-6-8-17-9-7-13/h4-10,12,18H,11H2,1-3H3. The fourth-order valence-corrected chi connectivity index (χ4v) is 3.15. The fraction of sp³-hybridized carbons (Fsp3) is 0.312. The van der Waals surface area contributed by atoms with Crippen molar-refractivity contribution in [2.75, 3.05) is 7.11 Å². The van der Waals surface area contributed by atoms with Gasteiger partial charge in [0, 0.05) is 18.9 Å². The molecule has 1 aromatic carbocycles. The lowest BCUT2D eigenvalue weighted by Crippen LogP contribution is -2.23. The minimum atomic E-state index is -3.57. The Morgan fingerprint density at radius 2 is 1.86 bits per heavy atom. The van der Waals surface area contributed by atoms with Crippen molar-refractivity contribution in [1.82, 2.24) is 9.71 Å². The number of sulfonamides is 1. The second-order valence-electron chi connectivity index (χ2n) is 5.24. The van der Waals surface area contributed by atoms with Crippen LogP contribution in [0.5, 0.6) is 5.75 Å². The number of ether oxygens (including phenoxy) is 1. The molecule has 5 nitrogen and oxygen atoms in total. The molecule has 118 valence electrons. The number of methoxy groups -OCH3 is 1. The normalized spacial score (nSPS) is 11.6. The zero-order chi connectivity index (χ0) is 16.2. The molecule has 0 saturated heterocycles. The van der Waals surface area contributed by atoms with Crippen LogP contribution in [-0.2, 0) is 16.6 Å². The lowest BCUT2D eigenvalue weighted by Gasteiger charge is -2.14. The first kappa shape index (κ1) is 16.5. The molecule has 0 spiro atoms. The van der Waals surface area contributed by atoms with Crippen molar-refractivity contribution in [3.8, 4) is 5.75 Å². The Bertz CT molecular complexity index is 728. The van der Waals surface area contributed by atoms with E-state index in [1.807, 2.05) is 13.8 Å². The van der Waals surface area contributed by atoms with E-state index in [-0.39, 0.29) is 17.4 Å². The topological polar surface area (TPSA) is 68.3 Å². The van der Waals surface area contributed by atoms with Crippen molar-refractivity contribution in [1.29, 1.82) is 0 Å². The van der Waals surface area contributed by atoms with E-state index in [9.17, 15) is 8.42 Å². The molecule has 22 heavy (non-hydrogen) atoms. The Morgan fingerprint density at radius 1 is 1.18 bits per heavy atom. The van der Waals surface area contributed by atoms with Gasteiger partial charge in [0.25, 0.3) is 0 Å². The van der Waals surface area contributed by atoms with Gasteiger partial charge in [0.05, 0.1) is 12.0 Å². The minimum Gasteiger partial charge on any atom is -0.496 e. The maximum absolute atomic E-state index is 12.4. The molecule has 1 heterocycles. The Kier molecular flexibility index (Phi) is 5.15. The average molecular weight is 320 g/mol. The molecule has 2 aromatic rings. The van der Waals surface area contributed by atoms with Crippen LogP contribution in [0.1, 0.15) is 30.9 Å². The summed E-state index contributed by atoms with van der Waals surface area (Å²) in [6, 6.07) is 8.46. The molecule has 6 heteroatoms. The molecule has 1 aromatic heterocycles. The highest BCUT2D eigenvalue weighted by Gasteiger charge is 2.17. The number of nitrogens with zero attached hydrogens (tertiary/aromatic N) is 1. The number of hydrogen-bond donors (Lipinski definition) is 1. The summed E-state index contributed by atoms with van der Waals surface area (Å²) in [4.78, 5) is 4.15. The minimum absolute atomic E-state index is 0.172. The van der Waals surface area contributed by atoms with Gasteiger partial charge in [0.2, 0.25) is 10.0 Å². The summed E-state index contributed by atoms with van der Waals surface area (Å²) in [5, 5.41) is 0. The number of hydrogen-bond acceptors (Lipinski definition) is 4. The second kappa shape index (κ2) is 6.89. The van der Waals surface area contributed by atoms with Gasteiger partial charge < -0.3 is 4.74 Å². The molecule has 0 amide bonds. The van der Waals surface area contributed by atoms with E-state index in [2.05, 4.69) is 9.71 Å². The SMILES string of the molecule is COc1ccc(S(=O)(=O)NCc2ccncc2)cc1C(C)C. The Labute approximate surface area is 131 Å². The van der Waals surface area contributed by atoms with E-state index in [1.165, 1.54) is 0 Å². The van der Waals surface area contributed by atoms with Crippen molar-refractivity contribution >= 4 is 10.0 Å². The smallest absolute Gasteiger partial charge is 0.240 e. The largest absolute Gasteiger partial charge is 0.496 e. The number of nitrogens with one attached hydrogen (secondary N) is 1. The predicted octanol–water partition coefficient (Wildman–Crippen LogP) is 2.69. The highest BCUT2D eigenvalue weighted by atomic mass is 32.2. The summed E-state index contributed by atoms with van der Waals surface area (Å²) < 4.78 is 32.7. The lowest BCUT2D eigenvalue weighted by atomic mass is 10.0. The highest BCUT2D eigenvalue weighted by molar-refractivity contribution is 7.89. The van der Waals surface area contributed by atoms with Crippen LogP contribution < -0.4 is 9.46 Å². The molecule has 2 rings (SSSR count). The van der Waals surface area contributed by atoms with E-state index in [0.29, 0.717) is 5.75 Å². The summed E-state index contributed by atoms with van der Waals surface area (Å²) in [6.45, 7) is 4.23. The molecule has 0 fully saturated rings. The van der Waals surface area contributed by atoms with Gasteiger partial charge in [-0.3, -0.25) is 4.98 Å². The predicted molar refractivity (Wildman–Crippen MR) is 85.3 cm³/mol. The van der Waals surface area contributed by atoms with Gasteiger partial charge in [-0.1, -0.05) is 13.8 Å². The number of pyridine rings is 1. The van der Waals surface area contributed by atoms with Gasteiger partial charge in [-0.15, -0.1) is 0 Å². The van der Waals surface area contributed by atoms with Crippen molar-refractivity contribution in [2.45, 2.75) is 31.2 Å². The molecular formula is C16H20N2O3S. The van der Waals surface area contributed by atoms with Crippen LogP contribution in [0.2, 0.25) is 0 Å². The third-order valence-electron chi connectivity index (χ3n) is 3.35. The van der Waals surface area contributed by atoms with Crippen molar-refractivity contribution in [3.05, 3.63) is 53.9 Å². The maximum atomic E-state index is 12.4. The monoisotopic (exact) mass is 320 g/mol. The van der Waals surface area contributed by atoms with Crippen LogP contribution in [0.15, 0.2) is 47.6 Å². The molecule has 0 unspecified atom stereocenters. The van der Waals surface area contributed by atoms with Crippen LogP contribution >= 0.6 is 0 Å². The Morgan fingerprint density at radius 3 is 2.45 bits per heavy atom. The summed E-state index contributed by atoms with van der Waals surface area (Å²) in [7, 11) is -1.99. The lowest BCUT2D eigenvalue weighted by molar-refractivity contribution is 0.407.